The van der Waals surface area contributed by atoms with Crippen LogP contribution in [0.2, 0.25) is 0 Å². The standard InChI is InChI=1S/C16H27N3O3/c1-16(2,19-8-4-3-5-9-19)12-18-15(21)17-11-13(20)14-7-6-10-22-14/h6-7,10,13,20H,3-5,8-9,11-12H2,1-2H3,(H2,17,18,21). The van der Waals surface area contributed by atoms with Crippen LogP contribution in [0.4, 0.5) is 4.79 Å². The number of likely N-dealkylation sites (tertiary alicyclic amines) is 1. The summed E-state index contributed by atoms with van der Waals surface area (Å²) in [4.78, 5) is 14.3. The first-order valence-corrected chi connectivity index (χ1v) is 7.97. The Balaban J connectivity index is 1.70. The zero-order valence-corrected chi connectivity index (χ0v) is 13.5. The molecule has 1 atom stereocenters. The van der Waals surface area contributed by atoms with Gasteiger partial charge in [0, 0.05) is 12.1 Å². The highest BCUT2D eigenvalue weighted by Gasteiger charge is 2.28. The monoisotopic (exact) mass is 309 g/mol. The molecule has 1 aromatic heterocycles. The molecule has 3 N–H and O–H groups in total. The molecule has 0 radical (unpaired) electrons. The number of rotatable bonds is 6. The number of aliphatic hydroxyl groups excluding tert-OH is 1. The molecule has 0 aromatic carbocycles. The molecule has 1 aromatic rings. The van der Waals surface area contributed by atoms with Gasteiger partial charge < -0.3 is 20.2 Å². The maximum atomic E-state index is 11.9. The maximum absolute atomic E-state index is 11.9. The Bertz CT molecular complexity index is 453. The largest absolute Gasteiger partial charge is 0.467 e. The van der Waals surface area contributed by atoms with Gasteiger partial charge in [0.15, 0.2) is 0 Å². The lowest BCUT2D eigenvalue weighted by Gasteiger charge is -2.41. The molecule has 0 spiro atoms. The Morgan fingerprint density at radius 1 is 1.36 bits per heavy atom. The van der Waals surface area contributed by atoms with Crippen molar-refractivity contribution < 1.29 is 14.3 Å². The van der Waals surface area contributed by atoms with Crippen LogP contribution in [0.5, 0.6) is 0 Å². The zero-order chi connectivity index (χ0) is 16.0. The summed E-state index contributed by atoms with van der Waals surface area (Å²) in [5, 5.41) is 15.4. The van der Waals surface area contributed by atoms with E-state index in [0.29, 0.717) is 12.3 Å². The third kappa shape index (κ3) is 4.74. The Kier molecular flexibility index (Phi) is 5.85. The molecule has 6 heteroatoms. The molecule has 0 bridgehead atoms. The first-order valence-electron chi connectivity index (χ1n) is 7.97. The first kappa shape index (κ1) is 16.8. The minimum absolute atomic E-state index is 0.0581. The molecule has 2 heterocycles. The third-order valence-electron chi connectivity index (χ3n) is 4.22. The molecule has 2 amide bonds. The fourth-order valence-electron chi connectivity index (χ4n) is 2.74. The van der Waals surface area contributed by atoms with Gasteiger partial charge in [-0.05, 0) is 51.9 Å². The fraction of sp³-hybridized carbons (Fsp3) is 0.688. The molecular weight excluding hydrogens is 282 g/mol. The van der Waals surface area contributed by atoms with Crippen LogP contribution in [-0.4, -0.2) is 47.8 Å². The van der Waals surface area contributed by atoms with Crippen molar-refractivity contribution in [1.82, 2.24) is 15.5 Å². The fourth-order valence-corrected chi connectivity index (χ4v) is 2.74. The number of amides is 2. The Morgan fingerprint density at radius 3 is 2.73 bits per heavy atom. The number of carbonyl (C=O) groups is 1. The van der Waals surface area contributed by atoms with Crippen LogP contribution < -0.4 is 10.6 Å². The molecule has 124 valence electrons. The van der Waals surface area contributed by atoms with E-state index in [1.54, 1.807) is 12.1 Å². The van der Waals surface area contributed by atoms with E-state index in [1.165, 1.54) is 25.5 Å². The van der Waals surface area contributed by atoms with Crippen molar-refractivity contribution in [3.05, 3.63) is 24.2 Å². The van der Waals surface area contributed by atoms with E-state index in [2.05, 4.69) is 29.4 Å². The van der Waals surface area contributed by atoms with E-state index in [-0.39, 0.29) is 18.1 Å². The third-order valence-corrected chi connectivity index (χ3v) is 4.22. The molecule has 2 rings (SSSR count). The topological polar surface area (TPSA) is 77.7 Å². The average Bonchev–Trinajstić information content (AvgIpc) is 3.06. The van der Waals surface area contributed by atoms with Crippen LogP contribution >= 0.6 is 0 Å². The SMILES string of the molecule is CC(C)(CNC(=O)NCC(O)c1ccco1)N1CCCCC1. The van der Waals surface area contributed by atoms with E-state index in [0.717, 1.165) is 13.1 Å². The number of nitrogens with zero attached hydrogens (tertiary/aromatic N) is 1. The van der Waals surface area contributed by atoms with Gasteiger partial charge in [0.2, 0.25) is 0 Å². The van der Waals surface area contributed by atoms with Crippen molar-refractivity contribution in [3.63, 3.8) is 0 Å². The highest BCUT2D eigenvalue weighted by molar-refractivity contribution is 5.73. The van der Waals surface area contributed by atoms with Crippen molar-refractivity contribution in [1.29, 1.82) is 0 Å². The normalized spacial score (nSPS) is 18.0. The van der Waals surface area contributed by atoms with E-state index >= 15 is 0 Å². The van der Waals surface area contributed by atoms with Crippen molar-refractivity contribution in [2.24, 2.45) is 0 Å². The summed E-state index contributed by atoms with van der Waals surface area (Å²) in [6.45, 7) is 7.19. The van der Waals surface area contributed by atoms with E-state index < -0.39 is 6.10 Å². The average molecular weight is 309 g/mol. The van der Waals surface area contributed by atoms with Gasteiger partial charge >= 0.3 is 6.03 Å². The van der Waals surface area contributed by atoms with Crippen LogP contribution in [0.1, 0.15) is 45.0 Å². The molecule has 22 heavy (non-hydrogen) atoms. The number of furan rings is 1. The minimum atomic E-state index is -0.823. The van der Waals surface area contributed by atoms with Gasteiger partial charge in [-0.1, -0.05) is 6.42 Å². The van der Waals surface area contributed by atoms with E-state index in [4.69, 9.17) is 4.42 Å². The molecule has 0 aliphatic carbocycles. The smallest absolute Gasteiger partial charge is 0.314 e. The summed E-state index contributed by atoms with van der Waals surface area (Å²) < 4.78 is 5.09. The van der Waals surface area contributed by atoms with Crippen LogP contribution in [0, 0.1) is 0 Å². The summed E-state index contributed by atoms with van der Waals surface area (Å²) in [6.07, 6.45) is 4.43. The van der Waals surface area contributed by atoms with Gasteiger partial charge in [-0.15, -0.1) is 0 Å². The van der Waals surface area contributed by atoms with Gasteiger partial charge in [-0.25, -0.2) is 4.79 Å². The van der Waals surface area contributed by atoms with Crippen molar-refractivity contribution in [2.75, 3.05) is 26.2 Å². The second-order valence-corrected chi connectivity index (χ2v) is 6.45. The lowest BCUT2D eigenvalue weighted by molar-refractivity contribution is 0.0955. The minimum Gasteiger partial charge on any atom is -0.467 e. The van der Waals surface area contributed by atoms with Crippen LogP contribution in [0.3, 0.4) is 0 Å². The quantitative estimate of drug-likeness (QED) is 0.750. The molecule has 1 fully saturated rings. The summed E-state index contributed by atoms with van der Waals surface area (Å²) in [7, 11) is 0. The molecule has 0 saturated carbocycles. The highest BCUT2D eigenvalue weighted by atomic mass is 16.4. The molecule has 1 unspecified atom stereocenters. The van der Waals surface area contributed by atoms with E-state index in [9.17, 15) is 9.90 Å². The highest BCUT2D eigenvalue weighted by Crippen LogP contribution is 2.19. The molecule has 6 nitrogen and oxygen atoms in total. The van der Waals surface area contributed by atoms with Gasteiger partial charge in [0.25, 0.3) is 0 Å². The summed E-state index contributed by atoms with van der Waals surface area (Å²) in [5.41, 5.74) is -0.0581. The lowest BCUT2D eigenvalue weighted by atomic mass is 9.98. The Hall–Kier alpha value is -1.53. The predicted octanol–water partition coefficient (Wildman–Crippen LogP) is 1.88. The molecule has 1 aliphatic heterocycles. The number of carbonyl (C=O) groups excluding carboxylic acids is 1. The van der Waals surface area contributed by atoms with Crippen molar-refractivity contribution in [3.8, 4) is 0 Å². The zero-order valence-electron chi connectivity index (χ0n) is 13.5. The summed E-state index contributed by atoms with van der Waals surface area (Å²) >= 11 is 0. The molecule has 1 aliphatic rings. The second-order valence-electron chi connectivity index (χ2n) is 6.45. The lowest BCUT2D eigenvalue weighted by Crippen LogP contribution is -2.54. The number of nitrogens with one attached hydrogen (secondary N) is 2. The molecule has 1 saturated heterocycles. The molecular formula is C16H27N3O3. The van der Waals surface area contributed by atoms with Crippen LogP contribution in [0.15, 0.2) is 22.8 Å². The van der Waals surface area contributed by atoms with Crippen molar-refractivity contribution in [2.45, 2.75) is 44.8 Å². The summed E-state index contributed by atoms with van der Waals surface area (Å²) in [5.74, 6) is 0.453. The predicted molar refractivity (Wildman–Crippen MR) is 84.6 cm³/mol. The van der Waals surface area contributed by atoms with Crippen molar-refractivity contribution >= 4 is 6.03 Å². The van der Waals surface area contributed by atoms with Gasteiger partial charge in [0.1, 0.15) is 11.9 Å². The number of urea groups is 1. The number of hydrogen-bond acceptors (Lipinski definition) is 4. The maximum Gasteiger partial charge on any atom is 0.314 e. The van der Waals surface area contributed by atoms with Gasteiger partial charge in [-0.2, -0.15) is 0 Å². The summed E-state index contributed by atoms with van der Waals surface area (Å²) in [6, 6.07) is 3.12. The first-order chi connectivity index (χ1) is 10.5. The Morgan fingerprint density at radius 2 is 2.09 bits per heavy atom. The Labute approximate surface area is 131 Å². The number of aliphatic hydroxyl groups is 1. The van der Waals surface area contributed by atoms with Gasteiger partial charge in [0.05, 0.1) is 12.8 Å². The number of piperidine rings is 1. The number of hydrogen-bond donors (Lipinski definition) is 3. The van der Waals surface area contributed by atoms with Gasteiger partial charge in [-0.3, -0.25) is 4.90 Å². The second kappa shape index (κ2) is 7.65. The van der Waals surface area contributed by atoms with Crippen LogP contribution in [-0.2, 0) is 0 Å². The van der Waals surface area contributed by atoms with E-state index in [1.807, 2.05) is 0 Å². The van der Waals surface area contributed by atoms with Crippen LogP contribution in [0.25, 0.3) is 0 Å².